The normalized spacial score (nSPS) is 24.8. The topological polar surface area (TPSA) is 38.3 Å². The van der Waals surface area contributed by atoms with Crippen molar-refractivity contribution in [2.45, 2.75) is 38.7 Å². The average molecular weight is 209 g/mol. The fourth-order valence-corrected chi connectivity index (χ4v) is 1.88. The number of terminal acetylenes is 1. The van der Waals surface area contributed by atoms with E-state index in [4.69, 9.17) is 11.2 Å². The molecule has 1 rings (SSSR count). The van der Waals surface area contributed by atoms with Crippen LogP contribution in [0.25, 0.3) is 0 Å². The molecule has 84 valence electrons. The van der Waals surface area contributed by atoms with Gasteiger partial charge >= 0.3 is 0 Å². The first kappa shape index (κ1) is 12.1. The molecule has 0 spiro atoms. The lowest BCUT2D eigenvalue weighted by Gasteiger charge is -2.16. The van der Waals surface area contributed by atoms with Gasteiger partial charge in [-0.05, 0) is 19.3 Å². The fraction of sp³-hybridized carbons (Fsp3) is 0.750. The molecule has 0 aromatic rings. The van der Waals surface area contributed by atoms with Gasteiger partial charge in [0.2, 0.25) is 5.91 Å². The van der Waals surface area contributed by atoms with E-state index in [1.807, 2.05) is 0 Å². The van der Waals surface area contributed by atoms with Gasteiger partial charge in [-0.1, -0.05) is 6.92 Å². The Morgan fingerprint density at radius 3 is 3.13 bits per heavy atom. The summed E-state index contributed by atoms with van der Waals surface area (Å²) >= 11 is 0. The molecule has 3 nitrogen and oxygen atoms in total. The van der Waals surface area contributed by atoms with Crippen LogP contribution < -0.4 is 5.32 Å². The molecule has 0 radical (unpaired) electrons. The SMILES string of the molecule is C#CCCCNC(=O)C1CCOC1CC. The summed E-state index contributed by atoms with van der Waals surface area (Å²) in [5.41, 5.74) is 0. The molecular weight excluding hydrogens is 190 g/mol. The van der Waals surface area contributed by atoms with Gasteiger partial charge in [0.15, 0.2) is 0 Å². The lowest BCUT2D eigenvalue weighted by Crippen LogP contribution is -2.35. The highest BCUT2D eigenvalue weighted by atomic mass is 16.5. The van der Waals surface area contributed by atoms with Gasteiger partial charge in [0.25, 0.3) is 0 Å². The summed E-state index contributed by atoms with van der Waals surface area (Å²) in [4.78, 5) is 11.7. The van der Waals surface area contributed by atoms with Gasteiger partial charge in [0.05, 0.1) is 12.0 Å². The third kappa shape index (κ3) is 3.56. The second-order valence-electron chi connectivity index (χ2n) is 3.81. The Morgan fingerprint density at radius 1 is 1.67 bits per heavy atom. The molecule has 1 aliphatic heterocycles. The van der Waals surface area contributed by atoms with Crippen LogP contribution in [0.5, 0.6) is 0 Å². The van der Waals surface area contributed by atoms with Gasteiger partial charge in [-0.25, -0.2) is 0 Å². The highest BCUT2D eigenvalue weighted by molar-refractivity contribution is 5.79. The Kier molecular flexibility index (Phi) is 5.20. The van der Waals surface area contributed by atoms with Crippen molar-refractivity contribution >= 4 is 5.91 Å². The zero-order valence-electron chi connectivity index (χ0n) is 9.29. The number of rotatable bonds is 5. The van der Waals surface area contributed by atoms with Crippen LogP contribution in [0.3, 0.4) is 0 Å². The molecule has 0 aromatic heterocycles. The van der Waals surface area contributed by atoms with E-state index in [1.54, 1.807) is 0 Å². The Morgan fingerprint density at radius 2 is 2.47 bits per heavy atom. The molecule has 0 bridgehead atoms. The second kappa shape index (κ2) is 6.47. The summed E-state index contributed by atoms with van der Waals surface area (Å²) in [6.45, 7) is 3.44. The Balaban J connectivity index is 2.24. The maximum Gasteiger partial charge on any atom is 0.225 e. The van der Waals surface area contributed by atoms with Crippen molar-refractivity contribution in [2.24, 2.45) is 5.92 Å². The van der Waals surface area contributed by atoms with E-state index in [-0.39, 0.29) is 17.9 Å². The van der Waals surface area contributed by atoms with Crippen LogP contribution in [0, 0.1) is 18.3 Å². The summed E-state index contributed by atoms with van der Waals surface area (Å²) in [7, 11) is 0. The minimum atomic E-state index is 0.0424. The van der Waals surface area contributed by atoms with Crippen LogP contribution in [0.1, 0.15) is 32.6 Å². The summed E-state index contributed by atoms with van der Waals surface area (Å²) in [6, 6.07) is 0. The van der Waals surface area contributed by atoms with Crippen LogP contribution in [0.4, 0.5) is 0 Å². The molecule has 0 saturated carbocycles. The lowest BCUT2D eigenvalue weighted by molar-refractivity contribution is -0.126. The molecule has 2 atom stereocenters. The van der Waals surface area contributed by atoms with Gasteiger partial charge in [-0.2, -0.15) is 0 Å². The van der Waals surface area contributed by atoms with E-state index >= 15 is 0 Å². The van der Waals surface area contributed by atoms with Crippen LogP contribution in [-0.4, -0.2) is 25.2 Å². The maximum atomic E-state index is 11.7. The van der Waals surface area contributed by atoms with E-state index in [0.717, 1.165) is 25.7 Å². The molecule has 1 aliphatic rings. The second-order valence-corrected chi connectivity index (χ2v) is 3.81. The molecule has 1 amide bonds. The Bertz CT molecular complexity index is 244. The first-order chi connectivity index (χ1) is 7.29. The standard InChI is InChI=1S/C12H19NO2/c1-3-5-6-8-13-12(14)10-7-9-15-11(10)4-2/h1,10-11H,4-9H2,2H3,(H,13,14). The molecule has 1 heterocycles. The van der Waals surface area contributed by atoms with Crippen LogP contribution in [-0.2, 0) is 9.53 Å². The van der Waals surface area contributed by atoms with E-state index in [0.29, 0.717) is 13.2 Å². The maximum absolute atomic E-state index is 11.7. The van der Waals surface area contributed by atoms with Crippen molar-refractivity contribution in [3.8, 4) is 12.3 Å². The third-order valence-corrected chi connectivity index (χ3v) is 2.75. The van der Waals surface area contributed by atoms with E-state index < -0.39 is 0 Å². The molecule has 3 heteroatoms. The van der Waals surface area contributed by atoms with Crippen molar-refractivity contribution in [1.82, 2.24) is 5.32 Å². The van der Waals surface area contributed by atoms with Crippen molar-refractivity contribution < 1.29 is 9.53 Å². The summed E-state index contributed by atoms with van der Waals surface area (Å²) in [5, 5.41) is 2.91. The minimum absolute atomic E-state index is 0.0424. The molecule has 0 aliphatic carbocycles. The van der Waals surface area contributed by atoms with Gasteiger partial charge in [0, 0.05) is 19.6 Å². The van der Waals surface area contributed by atoms with Gasteiger partial charge in [-0.15, -0.1) is 12.3 Å². The molecule has 1 fully saturated rings. The predicted molar refractivity (Wildman–Crippen MR) is 59.2 cm³/mol. The van der Waals surface area contributed by atoms with Crippen molar-refractivity contribution in [3.63, 3.8) is 0 Å². The van der Waals surface area contributed by atoms with Crippen LogP contribution in [0.2, 0.25) is 0 Å². The summed E-state index contributed by atoms with van der Waals surface area (Å²) in [6.07, 6.45) is 8.56. The first-order valence-corrected chi connectivity index (χ1v) is 5.62. The van der Waals surface area contributed by atoms with Crippen molar-refractivity contribution in [3.05, 3.63) is 0 Å². The monoisotopic (exact) mass is 209 g/mol. The smallest absolute Gasteiger partial charge is 0.225 e. The lowest BCUT2D eigenvalue weighted by atomic mass is 9.99. The number of hydrogen-bond acceptors (Lipinski definition) is 2. The highest BCUT2D eigenvalue weighted by Crippen LogP contribution is 2.23. The number of carbonyl (C=O) groups excluding carboxylic acids is 1. The molecule has 2 unspecified atom stereocenters. The largest absolute Gasteiger partial charge is 0.377 e. The van der Waals surface area contributed by atoms with Gasteiger partial charge in [0.1, 0.15) is 0 Å². The number of amides is 1. The van der Waals surface area contributed by atoms with Crippen molar-refractivity contribution in [1.29, 1.82) is 0 Å². The van der Waals surface area contributed by atoms with E-state index in [1.165, 1.54) is 0 Å². The third-order valence-electron chi connectivity index (χ3n) is 2.75. The van der Waals surface area contributed by atoms with Crippen molar-refractivity contribution in [2.75, 3.05) is 13.2 Å². The highest BCUT2D eigenvalue weighted by Gasteiger charge is 2.32. The Hall–Kier alpha value is -1.01. The number of unbranched alkanes of at least 4 members (excludes halogenated alkanes) is 1. The number of hydrogen-bond donors (Lipinski definition) is 1. The summed E-state index contributed by atoms with van der Waals surface area (Å²) < 4.78 is 5.47. The quantitative estimate of drug-likeness (QED) is 0.548. The molecule has 1 N–H and O–H groups in total. The zero-order chi connectivity index (χ0) is 11.1. The van der Waals surface area contributed by atoms with E-state index in [9.17, 15) is 4.79 Å². The van der Waals surface area contributed by atoms with Gasteiger partial charge < -0.3 is 10.1 Å². The molecule has 1 saturated heterocycles. The number of carbonyl (C=O) groups is 1. The number of nitrogens with one attached hydrogen (secondary N) is 1. The average Bonchev–Trinajstić information content (AvgIpc) is 2.72. The number of ether oxygens (including phenoxy) is 1. The molecule has 0 aromatic carbocycles. The Labute approximate surface area is 91.6 Å². The molecular formula is C12H19NO2. The predicted octanol–water partition coefficient (Wildman–Crippen LogP) is 1.33. The molecule has 15 heavy (non-hydrogen) atoms. The van der Waals surface area contributed by atoms with E-state index in [2.05, 4.69) is 18.2 Å². The van der Waals surface area contributed by atoms with Crippen LogP contribution >= 0.6 is 0 Å². The minimum Gasteiger partial charge on any atom is -0.377 e. The first-order valence-electron chi connectivity index (χ1n) is 5.62. The summed E-state index contributed by atoms with van der Waals surface area (Å²) in [5.74, 6) is 2.72. The zero-order valence-corrected chi connectivity index (χ0v) is 9.29. The van der Waals surface area contributed by atoms with Gasteiger partial charge in [-0.3, -0.25) is 4.79 Å². The fourth-order valence-electron chi connectivity index (χ4n) is 1.88. The van der Waals surface area contributed by atoms with Crippen LogP contribution in [0.15, 0.2) is 0 Å².